The third-order valence-corrected chi connectivity index (χ3v) is 4.51. The van der Waals surface area contributed by atoms with Crippen molar-refractivity contribution < 1.29 is 14.7 Å². The maximum atomic E-state index is 12.6. The van der Waals surface area contributed by atoms with Crippen molar-refractivity contribution in [3.63, 3.8) is 0 Å². The number of urea groups is 1. The van der Waals surface area contributed by atoms with Crippen LogP contribution in [0.5, 0.6) is 0 Å². The summed E-state index contributed by atoms with van der Waals surface area (Å²) in [5, 5.41) is 9.03. The van der Waals surface area contributed by atoms with E-state index in [0.29, 0.717) is 13.1 Å². The zero-order valence-corrected chi connectivity index (χ0v) is 13.0. The van der Waals surface area contributed by atoms with Gasteiger partial charge in [-0.3, -0.25) is 0 Å². The number of fused-ring (bicyclic) bond motifs is 1. The van der Waals surface area contributed by atoms with E-state index in [1.54, 1.807) is 28.0 Å². The molecule has 0 radical (unpaired) electrons. The van der Waals surface area contributed by atoms with Gasteiger partial charge < -0.3 is 14.9 Å². The molecule has 1 aliphatic heterocycles. The number of carbonyl (C=O) groups is 2. The van der Waals surface area contributed by atoms with Crippen LogP contribution in [-0.2, 0) is 13.1 Å². The normalized spacial score (nSPS) is 14.0. The summed E-state index contributed by atoms with van der Waals surface area (Å²) in [5.41, 5.74) is 2.02. The average Bonchev–Trinajstić information content (AvgIpc) is 2.88. The van der Waals surface area contributed by atoms with Gasteiger partial charge in [-0.25, -0.2) is 9.59 Å². The van der Waals surface area contributed by atoms with Crippen molar-refractivity contribution in [2.24, 2.45) is 0 Å². The van der Waals surface area contributed by atoms with Crippen molar-refractivity contribution in [1.29, 1.82) is 0 Å². The molecule has 0 atom stereocenters. The lowest BCUT2D eigenvalue weighted by molar-refractivity contribution is 0.0696. The van der Waals surface area contributed by atoms with E-state index < -0.39 is 5.97 Å². The van der Waals surface area contributed by atoms with Gasteiger partial charge in [0.05, 0.1) is 5.56 Å². The first-order valence-corrected chi connectivity index (χ1v) is 7.14. The first kappa shape index (κ1) is 15.4. The summed E-state index contributed by atoms with van der Waals surface area (Å²) in [5.74, 6) is -0.938. The lowest BCUT2D eigenvalue weighted by Gasteiger charge is -2.37. The van der Waals surface area contributed by atoms with Gasteiger partial charge in [-0.15, -0.1) is 0 Å². The number of hydrogen-bond donors (Lipinski definition) is 1. The summed E-state index contributed by atoms with van der Waals surface area (Å²) < 4.78 is 0. The monoisotopic (exact) mass is 290 g/mol. The Bertz CT molecular complexity index is 581. The fourth-order valence-electron chi connectivity index (χ4n) is 2.37. The van der Waals surface area contributed by atoms with Crippen LogP contribution in [0.2, 0.25) is 0 Å². The van der Waals surface area contributed by atoms with E-state index in [0.717, 1.165) is 17.5 Å². The molecule has 5 nitrogen and oxygen atoms in total. The van der Waals surface area contributed by atoms with Crippen molar-refractivity contribution in [3.05, 3.63) is 34.9 Å². The third-order valence-electron chi connectivity index (χ3n) is 4.51. The summed E-state index contributed by atoms with van der Waals surface area (Å²) in [6.45, 7) is 7.15. The highest BCUT2D eigenvalue weighted by Gasteiger charge is 2.32. The van der Waals surface area contributed by atoms with Crippen molar-refractivity contribution >= 4 is 12.0 Å². The number of benzene rings is 1. The van der Waals surface area contributed by atoms with Crippen LogP contribution in [0.1, 0.15) is 48.7 Å². The molecule has 0 aromatic heterocycles. The molecule has 114 valence electrons. The maximum Gasteiger partial charge on any atom is 0.335 e. The Kier molecular flexibility index (Phi) is 3.94. The van der Waals surface area contributed by atoms with Crippen molar-refractivity contribution in [3.8, 4) is 0 Å². The lowest BCUT2D eigenvalue weighted by Crippen LogP contribution is -2.49. The number of nitrogens with zero attached hydrogens (tertiary/aromatic N) is 2. The van der Waals surface area contributed by atoms with E-state index in [-0.39, 0.29) is 17.1 Å². The van der Waals surface area contributed by atoms with Gasteiger partial charge in [0.1, 0.15) is 0 Å². The molecule has 0 unspecified atom stereocenters. The molecular weight excluding hydrogens is 268 g/mol. The summed E-state index contributed by atoms with van der Waals surface area (Å²) in [7, 11) is 1.82. The Labute approximate surface area is 125 Å². The molecule has 1 aromatic carbocycles. The fourth-order valence-corrected chi connectivity index (χ4v) is 2.37. The van der Waals surface area contributed by atoms with Gasteiger partial charge in [-0.1, -0.05) is 13.0 Å². The van der Waals surface area contributed by atoms with Crippen LogP contribution in [0.15, 0.2) is 18.2 Å². The zero-order chi connectivity index (χ0) is 15.8. The highest BCUT2D eigenvalue weighted by Crippen LogP contribution is 2.27. The van der Waals surface area contributed by atoms with Crippen LogP contribution in [-0.4, -0.2) is 39.5 Å². The van der Waals surface area contributed by atoms with Gasteiger partial charge in [0.25, 0.3) is 0 Å². The Morgan fingerprint density at radius 3 is 2.48 bits per heavy atom. The minimum atomic E-state index is -0.938. The SMILES string of the molecule is CCC(C)(C)N(C)C(=O)N1Cc2ccc(C(=O)O)cc2C1. The van der Waals surface area contributed by atoms with Crippen LogP contribution in [0.25, 0.3) is 0 Å². The van der Waals surface area contributed by atoms with E-state index in [4.69, 9.17) is 5.11 Å². The summed E-state index contributed by atoms with van der Waals surface area (Å²) in [6.07, 6.45) is 0.874. The van der Waals surface area contributed by atoms with Gasteiger partial charge in [0, 0.05) is 25.7 Å². The zero-order valence-electron chi connectivity index (χ0n) is 13.0. The van der Waals surface area contributed by atoms with Crippen LogP contribution in [0, 0.1) is 0 Å². The summed E-state index contributed by atoms with van der Waals surface area (Å²) >= 11 is 0. The molecule has 0 saturated carbocycles. The molecule has 1 aromatic rings. The predicted molar refractivity (Wildman–Crippen MR) is 80.2 cm³/mol. The summed E-state index contributed by atoms with van der Waals surface area (Å²) in [4.78, 5) is 27.1. The number of hydrogen-bond acceptors (Lipinski definition) is 2. The third kappa shape index (κ3) is 2.86. The highest BCUT2D eigenvalue weighted by molar-refractivity contribution is 5.88. The van der Waals surface area contributed by atoms with Crippen LogP contribution in [0.3, 0.4) is 0 Å². The van der Waals surface area contributed by atoms with Gasteiger partial charge in [0.15, 0.2) is 0 Å². The molecule has 0 fully saturated rings. The predicted octanol–water partition coefficient (Wildman–Crippen LogP) is 2.94. The Morgan fingerprint density at radius 1 is 1.29 bits per heavy atom. The summed E-state index contributed by atoms with van der Waals surface area (Å²) in [6, 6.07) is 5.04. The lowest BCUT2D eigenvalue weighted by atomic mass is 10.0. The molecule has 1 N–H and O–H groups in total. The Balaban J connectivity index is 2.16. The molecule has 21 heavy (non-hydrogen) atoms. The Morgan fingerprint density at radius 2 is 1.90 bits per heavy atom. The van der Waals surface area contributed by atoms with Gasteiger partial charge in [-0.05, 0) is 43.5 Å². The van der Waals surface area contributed by atoms with E-state index in [1.807, 2.05) is 20.9 Å². The number of carboxylic acids is 1. The molecule has 1 heterocycles. The quantitative estimate of drug-likeness (QED) is 0.931. The van der Waals surface area contributed by atoms with Crippen LogP contribution < -0.4 is 0 Å². The molecule has 1 aliphatic rings. The topological polar surface area (TPSA) is 60.9 Å². The van der Waals surface area contributed by atoms with Crippen LogP contribution in [0.4, 0.5) is 4.79 Å². The molecule has 2 rings (SSSR count). The highest BCUT2D eigenvalue weighted by atomic mass is 16.4. The Hall–Kier alpha value is -2.04. The average molecular weight is 290 g/mol. The van der Waals surface area contributed by atoms with Crippen molar-refractivity contribution in [2.45, 2.75) is 45.8 Å². The second kappa shape index (κ2) is 5.39. The van der Waals surface area contributed by atoms with E-state index in [2.05, 4.69) is 6.92 Å². The van der Waals surface area contributed by atoms with Crippen LogP contribution >= 0.6 is 0 Å². The minimum absolute atomic E-state index is 0.0186. The van der Waals surface area contributed by atoms with Crippen molar-refractivity contribution in [2.75, 3.05) is 7.05 Å². The molecule has 2 amide bonds. The molecule has 0 spiro atoms. The maximum absolute atomic E-state index is 12.6. The number of rotatable bonds is 3. The van der Waals surface area contributed by atoms with Gasteiger partial charge in [-0.2, -0.15) is 0 Å². The second-order valence-corrected chi connectivity index (χ2v) is 6.15. The largest absolute Gasteiger partial charge is 0.478 e. The standard InChI is InChI=1S/C16H22N2O3/c1-5-16(2,3)17(4)15(21)18-9-12-7-6-11(14(19)20)8-13(12)10-18/h6-8H,5,9-10H2,1-4H3,(H,19,20). The van der Waals surface area contributed by atoms with E-state index in [9.17, 15) is 9.59 Å². The number of amides is 2. The first-order chi connectivity index (χ1) is 9.76. The van der Waals surface area contributed by atoms with Gasteiger partial charge in [0.2, 0.25) is 0 Å². The first-order valence-electron chi connectivity index (χ1n) is 7.14. The smallest absolute Gasteiger partial charge is 0.335 e. The molecule has 5 heteroatoms. The van der Waals surface area contributed by atoms with E-state index >= 15 is 0 Å². The van der Waals surface area contributed by atoms with Gasteiger partial charge >= 0.3 is 12.0 Å². The number of carboxylic acid groups (broad SMARTS) is 1. The minimum Gasteiger partial charge on any atom is -0.478 e. The molecule has 0 bridgehead atoms. The molecule has 0 saturated heterocycles. The number of carbonyl (C=O) groups excluding carboxylic acids is 1. The number of aromatic carboxylic acids is 1. The fraction of sp³-hybridized carbons (Fsp3) is 0.500. The molecule has 0 aliphatic carbocycles. The molecular formula is C16H22N2O3. The van der Waals surface area contributed by atoms with E-state index in [1.165, 1.54) is 0 Å². The second-order valence-electron chi connectivity index (χ2n) is 6.15. The van der Waals surface area contributed by atoms with Crippen molar-refractivity contribution in [1.82, 2.24) is 9.80 Å².